The van der Waals surface area contributed by atoms with E-state index in [2.05, 4.69) is 27.9 Å². The van der Waals surface area contributed by atoms with Crippen LogP contribution in [0.2, 0.25) is 0 Å². The minimum absolute atomic E-state index is 0.116. The zero-order valence-electron chi connectivity index (χ0n) is 9.24. The molecule has 0 radical (unpaired) electrons. The number of hydrogen-bond acceptors (Lipinski definition) is 2. The zero-order valence-corrected chi connectivity index (χ0v) is 11.4. The molecule has 1 heterocycles. The second-order valence-corrected chi connectivity index (χ2v) is 5.32. The van der Waals surface area contributed by atoms with E-state index in [-0.39, 0.29) is 5.91 Å². The maximum atomic E-state index is 12.1. The summed E-state index contributed by atoms with van der Waals surface area (Å²) in [6.07, 6.45) is 1.05. The SMILES string of the molecule is CN(C(=O)c1ccc(I)cc1)[C@@H]1CCNC1. The average molecular weight is 330 g/mol. The number of rotatable bonds is 2. The Labute approximate surface area is 109 Å². The summed E-state index contributed by atoms with van der Waals surface area (Å²) in [5.74, 6) is 0.116. The molecule has 86 valence electrons. The van der Waals surface area contributed by atoms with E-state index in [0.29, 0.717) is 6.04 Å². The molecular formula is C12H15IN2O. The molecule has 0 spiro atoms. The molecule has 1 amide bonds. The van der Waals surface area contributed by atoms with Crippen molar-refractivity contribution >= 4 is 28.5 Å². The van der Waals surface area contributed by atoms with Crippen molar-refractivity contribution in [3.63, 3.8) is 0 Å². The van der Waals surface area contributed by atoms with Crippen molar-refractivity contribution in [1.82, 2.24) is 10.2 Å². The molecule has 0 unspecified atom stereocenters. The summed E-state index contributed by atoms with van der Waals surface area (Å²) in [6.45, 7) is 1.92. The van der Waals surface area contributed by atoms with E-state index in [1.54, 1.807) is 0 Å². The number of benzene rings is 1. The third-order valence-electron chi connectivity index (χ3n) is 2.99. The lowest BCUT2D eigenvalue weighted by Gasteiger charge is -2.23. The van der Waals surface area contributed by atoms with Crippen molar-refractivity contribution in [3.8, 4) is 0 Å². The molecule has 1 N–H and O–H groups in total. The van der Waals surface area contributed by atoms with E-state index in [0.717, 1.165) is 28.6 Å². The molecule has 0 bridgehead atoms. The van der Waals surface area contributed by atoms with E-state index in [1.165, 1.54) is 0 Å². The van der Waals surface area contributed by atoms with Gasteiger partial charge in [0.25, 0.3) is 5.91 Å². The molecule has 1 aromatic carbocycles. The van der Waals surface area contributed by atoms with E-state index >= 15 is 0 Å². The number of carbonyl (C=O) groups is 1. The standard InChI is InChI=1S/C12H15IN2O/c1-15(11-6-7-14-8-11)12(16)9-2-4-10(13)5-3-9/h2-5,11,14H,6-8H2,1H3/t11-/m1/s1. The number of carbonyl (C=O) groups excluding carboxylic acids is 1. The van der Waals surface area contributed by atoms with Gasteiger partial charge in [-0.15, -0.1) is 0 Å². The number of nitrogens with zero attached hydrogens (tertiary/aromatic N) is 1. The highest BCUT2D eigenvalue weighted by molar-refractivity contribution is 14.1. The fraction of sp³-hybridized carbons (Fsp3) is 0.417. The fourth-order valence-electron chi connectivity index (χ4n) is 1.93. The van der Waals surface area contributed by atoms with Gasteiger partial charge in [-0.2, -0.15) is 0 Å². The predicted molar refractivity (Wildman–Crippen MR) is 72.5 cm³/mol. The van der Waals surface area contributed by atoms with Crippen LogP contribution in [0.25, 0.3) is 0 Å². The monoisotopic (exact) mass is 330 g/mol. The van der Waals surface area contributed by atoms with Crippen molar-refractivity contribution in [1.29, 1.82) is 0 Å². The van der Waals surface area contributed by atoms with Crippen LogP contribution in [-0.4, -0.2) is 37.0 Å². The van der Waals surface area contributed by atoms with Crippen molar-refractivity contribution in [2.75, 3.05) is 20.1 Å². The number of hydrogen-bond donors (Lipinski definition) is 1. The maximum absolute atomic E-state index is 12.1. The van der Waals surface area contributed by atoms with Gasteiger partial charge in [0.2, 0.25) is 0 Å². The summed E-state index contributed by atoms with van der Waals surface area (Å²) in [6, 6.07) is 8.06. The highest BCUT2D eigenvalue weighted by Crippen LogP contribution is 2.13. The van der Waals surface area contributed by atoms with Crippen LogP contribution < -0.4 is 5.32 Å². The Balaban J connectivity index is 2.08. The van der Waals surface area contributed by atoms with E-state index in [1.807, 2.05) is 36.2 Å². The summed E-state index contributed by atoms with van der Waals surface area (Å²) >= 11 is 2.24. The van der Waals surface area contributed by atoms with Gasteiger partial charge >= 0.3 is 0 Å². The van der Waals surface area contributed by atoms with E-state index < -0.39 is 0 Å². The molecule has 3 nitrogen and oxygen atoms in total. The quantitative estimate of drug-likeness (QED) is 0.838. The molecular weight excluding hydrogens is 315 g/mol. The minimum atomic E-state index is 0.116. The van der Waals surface area contributed by atoms with Gasteiger partial charge in [-0.05, 0) is 59.8 Å². The van der Waals surface area contributed by atoms with Crippen LogP contribution >= 0.6 is 22.6 Å². The van der Waals surface area contributed by atoms with Crippen molar-refractivity contribution in [2.24, 2.45) is 0 Å². The van der Waals surface area contributed by atoms with E-state index in [9.17, 15) is 4.79 Å². The maximum Gasteiger partial charge on any atom is 0.253 e. The molecule has 1 saturated heterocycles. The first kappa shape index (κ1) is 11.9. The van der Waals surface area contributed by atoms with E-state index in [4.69, 9.17) is 0 Å². The first-order valence-corrected chi connectivity index (χ1v) is 6.50. The van der Waals surface area contributed by atoms with Crippen LogP contribution in [0.15, 0.2) is 24.3 Å². The highest BCUT2D eigenvalue weighted by atomic mass is 127. The topological polar surface area (TPSA) is 32.3 Å². The van der Waals surface area contributed by atoms with Crippen LogP contribution in [-0.2, 0) is 0 Å². The van der Waals surface area contributed by atoms with Crippen LogP contribution in [0.1, 0.15) is 16.8 Å². The first-order chi connectivity index (χ1) is 7.68. The van der Waals surface area contributed by atoms with Crippen LogP contribution in [0.4, 0.5) is 0 Å². The second kappa shape index (κ2) is 5.14. The normalized spacial score (nSPS) is 19.8. The zero-order chi connectivity index (χ0) is 11.5. The fourth-order valence-corrected chi connectivity index (χ4v) is 2.29. The summed E-state index contributed by atoms with van der Waals surface area (Å²) in [5.41, 5.74) is 0.773. The Kier molecular flexibility index (Phi) is 3.81. The van der Waals surface area contributed by atoms with Crippen molar-refractivity contribution in [3.05, 3.63) is 33.4 Å². The molecule has 1 atom stereocenters. The van der Waals surface area contributed by atoms with Gasteiger partial charge in [-0.25, -0.2) is 0 Å². The van der Waals surface area contributed by atoms with Crippen LogP contribution in [0, 0.1) is 3.57 Å². The Morgan fingerprint density at radius 3 is 2.69 bits per heavy atom. The molecule has 1 aliphatic heterocycles. The molecule has 0 saturated carbocycles. The lowest BCUT2D eigenvalue weighted by Crippen LogP contribution is -2.38. The second-order valence-electron chi connectivity index (χ2n) is 4.07. The molecule has 1 aliphatic rings. The number of likely N-dealkylation sites (N-methyl/N-ethyl adjacent to an activating group) is 1. The van der Waals surface area contributed by atoms with Crippen molar-refractivity contribution in [2.45, 2.75) is 12.5 Å². The van der Waals surface area contributed by atoms with Crippen LogP contribution in [0.3, 0.4) is 0 Å². The smallest absolute Gasteiger partial charge is 0.253 e. The third-order valence-corrected chi connectivity index (χ3v) is 3.71. The summed E-state index contributed by atoms with van der Waals surface area (Å²) < 4.78 is 1.15. The molecule has 0 aromatic heterocycles. The van der Waals surface area contributed by atoms with Crippen molar-refractivity contribution < 1.29 is 4.79 Å². The molecule has 2 rings (SSSR count). The Bertz CT molecular complexity index is 371. The highest BCUT2D eigenvalue weighted by Gasteiger charge is 2.23. The van der Waals surface area contributed by atoms with Crippen LogP contribution in [0.5, 0.6) is 0 Å². The molecule has 16 heavy (non-hydrogen) atoms. The van der Waals surface area contributed by atoms with Gasteiger partial charge in [0, 0.05) is 28.8 Å². The lowest BCUT2D eigenvalue weighted by molar-refractivity contribution is 0.0744. The summed E-state index contributed by atoms with van der Waals surface area (Å²) in [4.78, 5) is 14.0. The largest absolute Gasteiger partial charge is 0.337 e. The Morgan fingerprint density at radius 1 is 1.44 bits per heavy atom. The molecule has 4 heteroatoms. The molecule has 1 aromatic rings. The van der Waals surface area contributed by atoms with Gasteiger partial charge in [0.1, 0.15) is 0 Å². The van der Waals surface area contributed by atoms with Gasteiger partial charge in [-0.3, -0.25) is 4.79 Å². The predicted octanol–water partition coefficient (Wildman–Crippen LogP) is 1.73. The third kappa shape index (κ3) is 2.55. The lowest BCUT2D eigenvalue weighted by atomic mass is 10.1. The molecule has 0 aliphatic carbocycles. The Hall–Kier alpha value is -0.620. The number of halogens is 1. The van der Waals surface area contributed by atoms with Gasteiger partial charge < -0.3 is 10.2 Å². The van der Waals surface area contributed by atoms with Gasteiger partial charge in [-0.1, -0.05) is 0 Å². The molecule has 1 fully saturated rings. The van der Waals surface area contributed by atoms with Gasteiger partial charge in [0.05, 0.1) is 0 Å². The summed E-state index contributed by atoms with van der Waals surface area (Å²) in [5, 5.41) is 3.27. The average Bonchev–Trinajstić information content (AvgIpc) is 2.81. The number of amides is 1. The first-order valence-electron chi connectivity index (χ1n) is 5.42. The number of nitrogens with one attached hydrogen (secondary N) is 1. The Morgan fingerprint density at radius 2 is 2.12 bits per heavy atom. The van der Waals surface area contributed by atoms with Gasteiger partial charge in [0.15, 0.2) is 0 Å². The minimum Gasteiger partial charge on any atom is -0.337 e. The summed E-state index contributed by atoms with van der Waals surface area (Å²) in [7, 11) is 1.89.